The molecule has 0 fully saturated rings. The van der Waals surface area contributed by atoms with Crippen molar-refractivity contribution >= 4 is 28.1 Å². The molecule has 1 heterocycles. The summed E-state index contributed by atoms with van der Waals surface area (Å²) in [5, 5.41) is 6.44. The molecule has 0 saturated heterocycles. The zero-order chi connectivity index (χ0) is 30.7. The fraction of sp³-hybridized carbons (Fsp3) is 0.219. The summed E-state index contributed by atoms with van der Waals surface area (Å²) in [6.45, 7) is -0.0157. The van der Waals surface area contributed by atoms with Crippen molar-refractivity contribution in [3.8, 4) is 11.1 Å². The molecule has 2 N–H and O–H groups in total. The smallest absolute Gasteiger partial charge is 0.289 e. The minimum Gasteiger partial charge on any atom is -0.459 e. The molecular weight excluding hydrogens is 570 g/mol. The first-order valence-electron chi connectivity index (χ1n) is 13.6. The first-order chi connectivity index (χ1) is 20.7. The number of hydroxylamine groups is 2. The van der Waals surface area contributed by atoms with E-state index in [4.69, 9.17) is 9.25 Å². The maximum atomic E-state index is 13.2. The van der Waals surface area contributed by atoms with Gasteiger partial charge in [0.1, 0.15) is 6.61 Å². The highest BCUT2D eigenvalue weighted by Gasteiger charge is 2.23. The molecule has 4 aromatic rings. The lowest BCUT2D eigenvalue weighted by Gasteiger charge is -2.23. The van der Waals surface area contributed by atoms with Crippen LogP contribution in [0.15, 0.2) is 107 Å². The fourth-order valence-electron chi connectivity index (χ4n) is 4.41. The lowest BCUT2D eigenvalue weighted by molar-refractivity contribution is -0.182. The van der Waals surface area contributed by atoms with Crippen LogP contribution in [0.2, 0.25) is 0 Å². The van der Waals surface area contributed by atoms with Gasteiger partial charge in [-0.2, -0.15) is 0 Å². The number of amides is 3. The molecule has 3 amide bonds. The highest BCUT2D eigenvalue weighted by molar-refractivity contribution is 7.90. The van der Waals surface area contributed by atoms with Gasteiger partial charge in [-0.25, -0.2) is 13.5 Å². The lowest BCUT2D eigenvalue weighted by atomic mass is 9.98. The Labute approximate surface area is 250 Å². The number of hydrogen-bond acceptors (Lipinski definition) is 7. The van der Waals surface area contributed by atoms with Crippen molar-refractivity contribution in [2.24, 2.45) is 5.92 Å². The van der Waals surface area contributed by atoms with Crippen molar-refractivity contribution in [2.75, 3.05) is 19.5 Å². The van der Waals surface area contributed by atoms with E-state index in [0.717, 1.165) is 22.4 Å². The van der Waals surface area contributed by atoms with Crippen molar-refractivity contribution < 1.29 is 32.1 Å². The van der Waals surface area contributed by atoms with Crippen LogP contribution in [0.1, 0.15) is 28.1 Å². The molecular formula is C32H33N3O7S. The fourth-order valence-corrected chi connectivity index (χ4v) is 5.08. The summed E-state index contributed by atoms with van der Waals surface area (Å²) in [5.41, 5.74) is 2.83. The Morgan fingerprint density at radius 2 is 1.63 bits per heavy atom. The third-order valence-corrected chi connectivity index (χ3v) is 7.82. The SMILES string of the molecule is CS(=O)(=O)c1cccc(-c2ccoc2C(=O)NCNC(=O)C(CCc2ccccc2)CN(C=O)OCc2ccccc2)c1. The van der Waals surface area contributed by atoms with E-state index >= 15 is 0 Å². The number of hydrogen-bond donors (Lipinski definition) is 2. The van der Waals surface area contributed by atoms with E-state index < -0.39 is 21.7 Å². The number of benzene rings is 3. The summed E-state index contributed by atoms with van der Waals surface area (Å²) >= 11 is 0. The van der Waals surface area contributed by atoms with Gasteiger partial charge < -0.3 is 15.1 Å². The third kappa shape index (κ3) is 9.12. The Hall–Kier alpha value is -4.74. The van der Waals surface area contributed by atoms with Crippen LogP contribution in [0.5, 0.6) is 0 Å². The molecule has 0 radical (unpaired) electrons. The highest BCUT2D eigenvalue weighted by atomic mass is 32.2. The summed E-state index contributed by atoms with van der Waals surface area (Å²) in [7, 11) is -3.45. The van der Waals surface area contributed by atoms with E-state index in [9.17, 15) is 22.8 Å². The van der Waals surface area contributed by atoms with E-state index in [1.807, 2.05) is 60.7 Å². The van der Waals surface area contributed by atoms with Crippen LogP contribution in [-0.2, 0) is 37.3 Å². The Kier molecular flexibility index (Phi) is 10.8. The molecule has 3 aromatic carbocycles. The summed E-state index contributed by atoms with van der Waals surface area (Å²) in [4.78, 5) is 43.7. The molecule has 1 aromatic heterocycles. The number of carbonyl (C=O) groups is 3. The van der Waals surface area contributed by atoms with Crippen LogP contribution in [0.3, 0.4) is 0 Å². The molecule has 1 unspecified atom stereocenters. The Morgan fingerprint density at radius 1 is 0.930 bits per heavy atom. The van der Waals surface area contributed by atoms with Crippen LogP contribution in [-0.4, -0.2) is 51.2 Å². The monoisotopic (exact) mass is 603 g/mol. The van der Waals surface area contributed by atoms with Crippen molar-refractivity contribution in [3.05, 3.63) is 114 Å². The summed E-state index contributed by atoms with van der Waals surface area (Å²) in [6.07, 6.45) is 4.01. The predicted molar refractivity (Wildman–Crippen MR) is 160 cm³/mol. The molecule has 0 saturated carbocycles. The number of furan rings is 1. The quantitative estimate of drug-likeness (QED) is 0.119. The van der Waals surface area contributed by atoms with E-state index in [1.165, 1.54) is 18.4 Å². The normalized spacial score (nSPS) is 11.8. The van der Waals surface area contributed by atoms with Gasteiger partial charge in [-0.05, 0) is 47.7 Å². The first-order valence-corrected chi connectivity index (χ1v) is 15.5. The van der Waals surface area contributed by atoms with Crippen molar-refractivity contribution in [1.29, 1.82) is 0 Å². The molecule has 0 spiro atoms. The van der Waals surface area contributed by atoms with Gasteiger partial charge >= 0.3 is 0 Å². The number of rotatable bonds is 15. The van der Waals surface area contributed by atoms with Gasteiger partial charge in [0.15, 0.2) is 15.6 Å². The number of nitrogens with one attached hydrogen (secondary N) is 2. The molecule has 11 heteroatoms. The maximum absolute atomic E-state index is 13.2. The summed E-state index contributed by atoms with van der Waals surface area (Å²) < 4.78 is 29.3. The van der Waals surface area contributed by atoms with Gasteiger partial charge in [-0.1, -0.05) is 72.8 Å². The molecule has 4 rings (SSSR count). The Bertz CT molecular complexity index is 1620. The molecule has 1 atom stereocenters. The number of nitrogens with zero attached hydrogens (tertiary/aromatic N) is 1. The molecule has 0 aliphatic rings. The highest BCUT2D eigenvalue weighted by Crippen LogP contribution is 2.27. The molecule has 0 bridgehead atoms. The largest absolute Gasteiger partial charge is 0.459 e. The standard InChI is InChI=1S/C32H33N3O7S/c1-43(39,40)28-14-8-13-26(19-28)29-17-18-41-30(29)32(38)34-22-33-31(37)27(16-15-24-9-4-2-5-10-24)20-35(23-36)42-21-25-11-6-3-7-12-25/h2-14,17-19,23,27H,15-16,20-22H2,1H3,(H,33,37)(H,34,38). The Balaban J connectivity index is 1.38. The van der Waals surface area contributed by atoms with Crippen LogP contribution < -0.4 is 10.6 Å². The van der Waals surface area contributed by atoms with E-state index in [0.29, 0.717) is 30.4 Å². The van der Waals surface area contributed by atoms with Crippen LogP contribution in [0.4, 0.5) is 0 Å². The van der Waals surface area contributed by atoms with Gasteiger partial charge in [0.2, 0.25) is 12.3 Å². The van der Waals surface area contributed by atoms with E-state index in [1.54, 1.807) is 18.2 Å². The zero-order valence-electron chi connectivity index (χ0n) is 23.6. The van der Waals surface area contributed by atoms with Gasteiger partial charge in [0.05, 0.1) is 30.3 Å². The topological polar surface area (TPSA) is 135 Å². The van der Waals surface area contributed by atoms with Crippen molar-refractivity contribution in [1.82, 2.24) is 15.7 Å². The van der Waals surface area contributed by atoms with E-state index in [2.05, 4.69) is 10.6 Å². The summed E-state index contributed by atoms with van der Waals surface area (Å²) in [5.74, 6) is -1.61. The predicted octanol–water partition coefficient (Wildman–Crippen LogP) is 3.99. The van der Waals surface area contributed by atoms with Crippen molar-refractivity contribution in [3.63, 3.8) is 0 Å². The molecule has 43 heavy (non-hydrogen) atoms. The van der Waals surface area contributed by atoms with Crippen LogP contribution >= 0.6 is 0 Å². The molecule has 10 nitrogen and oxygen atoms in total. The second kappa shape index (κ2) is 14.9. The summed E-state index contributed by atoms with van der Waals surface area (Å²) in [6, 6.07) is 26.8. The van der Waals surface area contributed by atoms with Crippen LogP contribution in [0.25, 0.3) is 11.1 Å². The molecule has 224 valence electrons. The van der Waals surface area contributed by atoms with Crippen molar-refractivity contribution in [2.45, 2.75) is 24.3 Å². The average Bonchev–Trinajstić information content (AvgIpc) is 3.52. The van der Waals surface area contributed by atoms with E-state index in [-0.39, 0.29) is 36.4 Å². The minimum atomic E-state index is -3.45. The maximum Gasteiger partial charge on any atom is 0.289 e. The number of sulfone groups is 1. The second-order valence-electron chi connectivity index (χ2n) is 9.87. The minimum absolute atomic E-state index is 0.0158. The molecule has 0 aliphatic carbocycles. The van der Waals surface area contributed by atoms with Gasteiger partial charge in [-0.15, -0.1) is 0 Å². The zero-order valence-corrected chi connectivity index (χ0v) is 24.5. The number of carbonyl (C=O) groups excluding carboxylic acids is 3. The Morgan fingerprint density at radius 3 is 2.30 bits per heavy atom. The average molecular weight is 604 g/mol. The lowest BCUT2D eigenvalue weighted by Crippen LogP contribution is -2.43. The van der Waals surface area contributed by atoms with Gasteiger partial charge in [0.25, 0.3) is 5.91 Å². The molecule has 0 aliphatic heterocycles. The van der Waals surface area contributed by atoms with Gasteiger partial charge in [-0.3, -0.25) is 19.2 Å². The van der Waals surface area contributed by atoms with Gasteiger partial charge in [0, 0.05) is 11.8 Å². The third-order valence-electron chi connectivity index (χ3n) is 6.71. The van der Waals surface area contributed by atoms with Crippen LogP contribution in [0, 0.1) is 5.92 Å². The first kappa shape index (κ1) is 31.2. The number of aryl methyl sites for hydroxylation is 1. The second-order valence-corrected chi connectivity index (χ2v) is 11.9.